The Balaban J connectivity index is 1.95. The van der Waals surface area contributed by atoms with Crippen LogP contribution in [-0.2, 0) is 25.4 Å². The highest BCUT2D eigenvalue weighted by atomic mass is 79.9. The monoisotopic (exact) mass is 431 g/mol. The lowest BCUT2D eigenvalue weighted by atomic mass is 10.0. The van der Waals surface area contributed by atoms with Crippen molar-refractivity contribution in [2.24, 2.45) is 0 Å². The summed E-state index contributed by atoms with van der Waals surface area (Å²) in [5.74, 6) is 0.0407. The SMILES string of the molecule is COCOC(=O)Cc1ccc2c(c1)/C(=C/c1ccc(Br)cc1)OC(=O)N2C. The van der Waals surface area contributed by atoms with Crippen LogP contribution in [0.1, 0.15) is 16.7 Å². The van der Waals surface area contributed by atoms with Gasteiger partial charge in [0, 0.05) is 24.2 Å². The lowest BCUT2D eigenvalue weighted by molar-refractivity contribution is -0.153. The zero-order chi connectivity index (χ0) is 19.4. The van der Waals surface area contributed by atoms with Crippen molar-refractivity contribution < 1.29 is 23.8 Å². The zero-order valence-corrected chi connectivity index (χ0v) is 16.5. The van der Waals surface area contributed by atoms with Gasteiger partial charge in [-0.25, -0.2) is 4.79 Å². The average Bonchev–Trinajstić information content (AvgIpc) is 2.66. The number of methoxy groups -OCH3 is 1. The third kappa shape index (κ3) is 4.56. The Hall–Kier alpha value is -2.64. The van der Waals surface area contributed by atoms with E-state index in [9.17, 15) is 9.59 Å². The molecule has 0 unspecified atom stereocenters. The second-order valence-corrected chi connectivity index (χ2v) is 6.85. The van der Waals surface area contributed by atoms with Gasteiger partial charge in [-0.05, 0) is 41.5 Å². The fourth-order valence-electron chi connectivity index (χ4n) is 2.66. The molecule has 0 radical (unpaired) electrons. The van der Waals surface area contributed by atoms with E-state index in [2.05, 4.69) is 15.9 Å². The Bertz CT molecular complexity index is 892. The second-order valence-electron chi connectivity index (χ2n) is 5.94. The summed E-state index contributed by atoms with van der Waals surface area (Å²) in [6, 6.07) is 13.1. The number of halogens is 1. The second kappa shape index (κ2) is 8.37. The summed E-state index contributed by atoms with van der Waals surface area (Å²) in [5.41, 5.74) is 3.09. The predicted octanol–water partition coefficient (Wildman–Crippen LogP) is 4.22. The summed E-state index contributed by atoms with van der Waals surface area (Å²) in [6.07, 6.45) is 1.43. The number of anilines is 1. The van der Waals surface area contributed by atoms with Crippen molar-refractivity contribution in [1.82, 2.24) is 0 Å². The third-order valence-electron chi connectivity index (χ3n) is 4.01. The van der Waals surface area contributed by atoms with Crippen LogP contribution >= 0.6 is 15.9 Å². The number of fused-ring (bicyclic) bond motifs is 1. The van der Waals surface area contributed by atoms with Gasteiger partial charge < -0.3 is 14.2 Å². The van der Waals surface area contributed by atoms with Crippen LogP contribution in [-0.4, -0.2) is 33.0 Å². The fourth-order valence-corrected chi connectivity index (χ4v) is 2.92. The van der Waals surface area contributed by atoms with E-state index in [0.717, 1.165) is 21.2 Å². The largest absolute Gasteiger partial charge is 0.438 e. The maximum absolute atomic E-state index is 12.2. The summed E-state index contributed by atoms with van der Waals surface area (Å²) in [7, 11) is 3.10. The predicted molar refractivity (Wildman–Crippen MR) is 105 cm³/mol. The van der Waals surface area contributed by atoms with E-state index in [0.29, 0.717) is 11.4 Å². The molecular weight excluding hydrogens is 414 g/mol. The number of rotatable bonds is 5. The topological polar surface area (TPSA) is 65.1 Å². The summed E-state index contributed by atoms with van der Waals surface area (Å²) < 4.78 is 16.1. The number of hydrogen-bond donors (Lipinski definition) is 0. The summed E-state index contributed by atoms with van der Waals surface area (Å²) >= 11 is 3.40. The zero-order valence-electron chi connectivity index (χ0n) is 14.9. The average molecular weight is 432 g/mol. The molecule has 2 aromatic rings. The van der Waals surface area contributed by atoms with Crippen LogP contribution in [0.2, 0.25) is 0 Å². The molecule has 0 saturated heterocycles. The third-order valence-corrected chi connectivity index (χ3v) is 4.54. The molecule has 0 bridgehead atoms. The van der Waals surface area contributed by atoms with Gasteiger partial charge >= 0.3 is 12.1 Å². The molecule has 0 aliphatic carbocycles. The van der Waals surface area contributed by atoms with E-state index in [-0.39, 0.29) is 13.2 Å². The lowest BCUT2D eigenvalue weighted by Crippen LogP contribution is -2.31. The lowest BCUT2D eigenvalue weighted by Gasteiger charge is -2.27. The minimum absolute atomic E-state index is 0.0845. The first kappa shape index (κ1) is 19.1. The van der Waals surface area contributed by atoms with Gasteiger partial charge in [-0.1, -0.05) is 34.1 Å². The molecule has 1 heterocycles. The van der Waals surface area contributed by atoms with Gasteiger partial charge in [0.05, 0.1) is 12.1 Å². The molecule has 0 saturated carbocycles. The normalized spacial score (nSPS) is 14.7. The Morgan fingerprint density at radius 1 is 1.22 bits per heavy atom. The molecule has 0 atom stereocenters. The highest BCUT2D eigenvalue weighted by molar-refractivity contribution is 9.10. The molecule has 7 heteroatoms. The van der Waals surface area contributed by atoms with Crippen molar-refractivity contribution in [3.63, 3.8) is 0 Å². The van der Waals surface area contributed by atoms with Crippen LogP contribution in [0.15, 0.2) is 46.9 Å². The number of carbonyl (C=O) groups excluding carboxylic acids is 2. The smallest absolute Gasteiger partial charge is 0.419 e. The molecule has 0 fully saturated rings. The van der Waals surface area contributed by atoms with E-state index in [4.69, 9.17) is 14.2 Å². The van der Waals surface area contributed by atoms with Crippen molar-refractivity contribution >= 4 is 45.5 Å². The first-order valence-corrected chi connectivity index (χ1v) is 8.98. The first-order valence-electron chi connectivity index (χ1n) is 8.18. The van der Waals surface area contributed by atoms with Crippen LogP contribution in [0.5, 0.6) is 0 Å². The molecule has 1 aliphatic rings. The fraction of sp³-hybridized carbons (Fsp3) is 0.200. The maximum atomic E-state index is 12.2. The van der Waals surface area contributed by atoms with Gasteiger partial charge in [0.15, 0.2) is 6.79 Å². The molecule has 1 aliphatic heterocycles. The molecule has 2 aromatic carbocycles. The number of esters is 1. The van der Waals surface area contributed by atoms with Crippen molar-refractivity contribution in [1.29, 1.82) is 0 Å². The van der Waals surface area contributed by atoms with Gasteiger partial charge in [0.1, 0.15) is 5.76 Å². The highest BCUT2D eigenvalue weighted by Crippen LogP contribution is 2.35. The highest BCUT2D eigenvalue weighted by Gasteiger charge is 2.27. The quantitative estimate of drug-likeness (QED) is 0.523. The maximum Gasteiger partial charge on any atom is 0.419 e. The van der Waals surface area contributed by atoms with Crippen LogP contribution in [0.4, 0.5) is 10.5 Å². The number of hydrogen-bond acceptors (Lipinski definition) is 5. The molecule has 27 heavy (non-hydrogen) atoms. The number of ether oxygens (including phenoxy) is 3. The van der Waals surface area contributed by atoms with Crippen molar-refractivity contribution in [2.45, 2.75) is 6.42 Å². The molecule has 1 amide bonds. The Morgan fingerprint density at radius 2 is 1.96 bits per heavy atom. The molecule has 0 aromatic heterocycles. The van der Waals surface area contributed by atoms with E-state index in [1.165, 1.54) is 12.0 Å². The standard InChI is InChI=1S/C20H18BrNO5/c1-22-17-8-5-14(11-19(23)26-12-25-2)9-16(17)18(27-20(22)24)10-13-3-6-15(21)7-4-13/h3-10H,11-12H2,1-2H3/b18-10-. The van der Waals surface area contributed by atoms with Gasteiger partial charge in [-0.2, -0.15) is 0 Å². The minimum atomic E-state index is -0.460. The van der Waals surface area contributed by atoms with Crippen LogP contribution in [0.3, 0.4) is 0 Å². The molecule has 0 spiro atoms. The van der Waals surface area contributed by atoms with Gasteiger partial charge in [0.25, 0.3) is 0 Å². The van der Waals surface area contributed by atoms with E-state index >= 15 is 0 Å². The van der Waals surface area contributed by atoms with Gasteiger partial charge in [-0.15, -0.1) is 0 Å². The number of benzene rings is 2. The minimum Gasteiger partial charge on any atom is -0.438 e. The number of amides is 1. The summed E-state index contributed by atoms with van der Waals surface area (Å²) in [5, 5.41) is 0. The van der Waals surface area contributed by atoms with E-state index in [1.807, 2.05) is 30.3 Å². The number of nitrogens with zero attached hydrogens (tertiary/aromatic N) is 1. The summed E-state index contributed by atoms with van der Waals surface area (Å²) in [6.45, 7) is -0.0845. The number of carbonyl (C=O) groups is 2. The van der Waals surface area contributed by atoms with Crippen molar-refractivity contribution in [2.75, 3.05) is 25.9 Å². The van der Waals surface area contributed by atoms with Crippen molar-refractivity contribution in [3.8, 4) is 0 Å². The van der Waals surface area contributed by atoms with E-state index in [1.54, 1.807) is 25.3 Å². The van der Waals surface area contributed by atoms with Crippen LogP contribution in [0.25, 0.3) is 11.8 Å². The van der Waals surface area contributed by atoms with Crippen LogP contribution < -0.4 is 4.90 Å². The molecule has 6 nitrogen and oxygen atoms in total. The Labute approximate surface area is 165 Å². The first-order chi connectivity index (χ1) is 13.0. The van der Waals surface area contributed by atoms with E-state index < -0.39 is 12.1 Å². The van der Waals surface area contributed by atoms with Gasteiger partial charge in [-0.3, -0.25) is 9.69 Å². The van der Waals surface area contributed by atoms with Crippen molar-refractivity contribution in [3.05, 3.63) is 63.6 Å². The molecular formula is C20H18BrNO5. The van der Waals surface area contributed by atoms with Crippen LogP contribution in [0, 0.1) is 0 Å². The Morgan fingerprint density at radius 3 is 2.67 bits per heavy atom. The molecule has 140 valence electrons. The molecule has 0 N–H and O–H groups in total. The molecule has 3 rings (SSSR count). The Kier molecular flexibility index (Phi) is 5.93. The van der Waals surface area contributed by atoms with Gasteiger partial charge in [0.2, 0.25) is 0 Å². The number of cyclic esters (lactones) is 1. The summed E-state index contributed by atoms with van der Waals surface area (Å²) in [4.78, 5) is 25.4.